The fourth-order valence-corrected chi connectivity index (χ4v) is 5.10. The third-order valence-electron chi connectivity index (χ3n) is 5.22. The van der Waals surface area contributed by atoms with Crippen LogP contribution in [0.4, 0.5) is 4.79 Å². The number of urea groups is 1. The summed E-state index contributed by atoms with van der Waals surface area (Å²) in [6.07, 6.45) is 13.4. The highest BCUT2D eigenvalue weighted by Gasteiger charge is 2.27. The molecule has 0 aliphatic heterocycles. The molecular formula is C17H33N3O3S. The minimum absolute atomic E-state index is 0.0886. The van der Waals surface area contributed by atoms with E-state index in [4.69, 9.17) is 0 Å². The lowest BCUT2D eigenvalue weighted by Crippen LogP contribution is -2.47. The van der Waals surface area contributed by atoms with Crippen LogP contribution in [0, 0.1) is 0 Å². The fraction of sp³-hybridized carbons (Fsp3) is 0.941. The van der Waals surface area contributed by atoms with Crippen LogP contribution in [-0.2, 0) is 10.0 Å². The van der Waals surface area contributed by atoms with Crippen molar-refractivity contribution in [3.8, 4) is 0 Å². The van der Waals surface area contributed by atoms with Gasteiger partial charge in [0.1, 0.15) is 0 Å². The van der Waals surface area contributed by atoms with Gasteiger partial charge in [-0.3, -0.25) is 0 Å². The van der Waals surface area contributed by atoms with E-state index in [9.17, 15) is 13.2 Å². The summed E-state index contributed by atoms with van der Waals surface area (Å²) < 4.78 is 25.9. The molecule has 0 aromatic carbocycles. The van der Waals surface area contributed by atoms with Crippen molar-refractivity contribution in [1.29, 1.82) is 0 Å². The first-order valence-corrected chi connectivity index (χ1v) is 11.3. The van der Waals surface area contributed by atoms with E-state index in [1.807, 2.05) is 0 Å². The molecule has 0 radical (unpaired) electrons. The lowest BCUT2D eigenvalue weighted by atomic mass is 9.96. The van der Waals surface area contributed by atoms with Gasteiger partial charge in [-0.05, 0) is 25.7 Å². The average molecular weight is 360 g/mol. The maximum atomic E-state index is 12.1. The predicted octanol–water partition coefficient (Wildman–Crippen LogP) is 2.60. The summed E-state index contributed by atoms with van der Waals surface area (Å²) >= 11 is 0. The van der Waals surface area contributed by atoms with Gasteiger partial charge in [0.2, 0.25) is 10.0 Å². The first-order valence-electron chi connectivity index (χ1n) is 9.48. The van der Waals surface area contributed by atoms with Crippen LogP contribution in [0.1, 0.15) is 70.6 Å². The van der Waals surface area contributed by atoms with Gasteiger partial charge in [0, 0.05) is 25.2 Å². The molecule has 0 atom stereocenters. The van der Waals surface area contributed by atoms with Crippen molar-refractivity contribution in [2.45, 2.75) is 82.7 Å². The van der Waals surface area contributed by atoms with E-state index in [1.54, 1.807) is 4.31 Å². The van der Waals surface area contributed by atoms with Crippen LogP contribution in [0.5, 0.6) is 0 Å². The number of hydrogen-bond acceptors (Lipinski definition) is 3. The van der Waals surface area contributed by atoms with Crippen molar-refractivity contribution in [2.75, 3.05) is 19.3 Å². The zero-order valence-electron chi connectivity index (χ0n) is 14.9. The van der Waals surface area contributed by atoms with Gasteiger partial charge in [-0.15, -0.1) is 0 Å². The monoisotopic (exact) mass is 359 g/mol. The zero-order valence-corrected chi connectivity index (χ0v) is 15.7. The Labute approximate surface area is 146 Å². The summed E-state index contributed by atoms with van der Waals surface area (Å²) in [5.74, 6) is 0. The molecule has 0 saturated heterocycles. The molecule has 2 saturated carbocycles. The van der Waals surface area contributed by atoms with Crippen LogP contribution in [0.2, 0.25) is 0 Å². The summed E-state index contributed by atoms with van der Waals surface area (Å²) in [5.41, 5.74) is 0. The third-order valence-corrected chi connectivity index (χ3v) is 6.55. The SMILES string of the molecule is CS(=O)(=O)N(CCNC(=O)NC1CCCCC1)C1CCCCCC1. The highest BCUT2D eigenvalue weighted by molar-refractivity contribution is 7.88. The van der Waals surface area contributed by atoms with Gasteiger partial charge < -0.3 is 10.6 Å². The number of carbonyl (C=O) groups is 1. The Hall–Kier alpha value is -0.820. The van der Waals surface area contributed by atoms with Gasteiger partial charge in [-0.1, -0.05) is 44.9 Å². The van der Waals surface area contributed by atoms with Crippen molar-refractivity contribution in [3.05, 3.63) is 0 Å². The molecule has 0 bridgehead atoms. The second kappa shape index (κ2) is 9.61. The Morgan fingerprint density at radius 2 is 1.50 bits per heavy atom. The number of nitrogens with zero attached hydrogens (tertiary/aromatic N) is 1. The summed E-state index contributed by atoms with van der Waals surface area (Å²) in [7, 11) is -3.24. The first kappa shape index (κ1) is 19.5. The molecule has 0 aromatic heterocycles. The van der Waals surface area contributed by atoms with Crippen molar-refractivity contribution in [1.82, 2.24) is 14.9 Å². The molecule has 2 fully saturated rings. The highest BCUT2D eigenvalue weighted by Crippen LogP contribution is 2.23. The minimum atomic E-state index is -3.24. The van der Waals surface area contributed by atoms with Gasteiger partial charge in [0.15, 0.2) is 0 Å². The normalized spacial score (nSPS) is 21.4. The number of amides is 2. The average Bonchev–Trinajstić information content (AvgIpc) is 2.80. The summed E-state index contributed by atoms with van der Waals surface area (Å²) in [5, 5.41) is 5.83. The molecule has 140 valence electrons. The van der Waals surface area contributed by atoms with Crippen LogP contribution < -0.4 is 10.6 Å². The van der Waals surface area contributed by atoms with E-state index >= 15 is 0 Å². The number of rotatable bonds is 6. The first-order chi connectivity index (χ1) is 11.5. The molecule has 2 rings (SSSR count). The molecular weight excluding hydrogens is 326 g/mol. The Bertz CT molecular complexity index is 481. The van der Waals surface area contributed by atoms with Gasteiger partial charge >= 0.3 is 6.03 Å². The molecule has 0 spiro atoms. The number of hydrogen-bond donors (Lipinski definition) is 2. The van der Waals surface area contributed by atoms with Gasteiger partial charge in [-0.25, -0.2) is 13.2 Å². The second-order valence-corrected chi connectivity index (χ2v) is 9.19. The quantitative estimate of drug-likeness (QED) is 0.716. The maximum Gasteiger partial charge on any atom is 0.315 e. The standard InChI is InChI=1S/C17H33N3O3S/c1-24(22,23)20(16-11-7-2-3-8-12-16)14-13-18-17(21)19-15-9-5-4-6-10-15/h15-16H,2-14H2,1H3,(H2,18,19,21). The molecule has 6 nitrogen and oxygen atoms in total. The van der Waals surface area contributed by atoms with E-state index in [1.165, 1.54) is 38.4 Å². The lowest BCUT2D eigenvalue weighted by Gasteiger charge is -2.29. The van der Waals surface area contributed by atoms with Gasteiger partial charge in [0.05, 0.1) is 6.26 Å². The van der Waals surface area contributed by atoms with Crippen LogP contribution >= 0.6 is 0 Å². The van der Waals surface area contributed by atoms with E-state index in [-0.39, 0.29) is 18.1 Å². The maximum absolute atomic E-state index is 12.1. The zero-order chi connectivity index (χ0) is 17.4. The van der Waals surface area contributed by atoms with E-state index in [0.29, 0.717) is 13.1 Å². The smallest absolute Gasteiger partial charge is 0.315 e. The third kappa shape index (κ3) is 6.59. The van der Waals surface area contributed by atoms with Crippen LogP contribution in [0.15, 0.2) is 0 Å². The van der Waals surface area contributed by atoms with Crippen molar-refractivity contribution in [3.63, 3.8) is 0 Å². The topological polar surface area (TPSA) is 78.5 Å². The number of sulfonamides is 1. The molecule has 0 unspecified atom stereocenters. The molecule has 2 aliphatic rings. The van der Waals surface area contributed by atoms with Crippen LogP contribution in [0.3, 0.4) is 0 Å². The molecule has 2 amide bonds. The van der Waals surface area contributed by atoms with Crippen molar-refractivity contribution >= 4 is 16.1 Å². The van der Waals surface area contributed by atoms with E-state index in [2.05, 4.69) is 10.6 Å². The predicted molar refractivity (Wildman–Crippen MR) is 96.4 cm³/mol. The van der Waals surface area contributed by atoms with Gasteiger partial charge in [0.25, 0.3) is 0 Å². The van der Waals surface area contributed by atoms with E-state index in [0.717, 1.165) is 38.5 Å². The number of nitrogens with one attached hydrogen (secondary N) is 2. The number of carbonyl (C=O) groups excluding carboxylic acids is 1. The molecule has 2 N–H and O–H groups in total. The fourth-order valence-electron chi connectivity index (χ4n) is 3.93. The summed E-state index contributed by atoms with van der Waals surface area (Å²) in [6.45, 7) is 0.726. The Morgan fingerprint density at radius 3 is 2.08 bits per heavy atom. The Kier molecular flexibility index (Phi) is 7.81. The lowest BCUT2D eigenvalue weighted by molar-refractivity contribution is 0.229. The van der Waals surface area contributed by atoms with Crippen molar-refractivity contribution in [2.24, 2.45) is 0 Å². The molecule has 2 aliphatic carbocycles. The summed E-state index contributed by atoms with van der Waals surface area (Å²) in [4.78, 5) is 12.0. The van der Waals surface area contributed by atoms with Crippen LogP contribution in [-0.4, -0.2) is 50.2 Å². The molecule has 0 heterocycles. The minimum Gasteiger partial charge on any atom is -0.337 e. The highest BCUT2D eigenvalue weighted by atomic mass is 32.2. The Balaban J connectivity index is 1.78. The molecule has 24 heavy (non-hydrogen) atoms. The van der Waals surface area contributed by atoms with Gasteiger partial charge in [-0.2, -0.15) is 4.31 Å². The molecule has 0 aromatic rings. The van der Waals surface area contributed by atoms with Crippen molar-refractivity contribution < 1.29 is 13.2 Å². The second-order valence-electron chi connectivity index (χ2n) is 7.25. The summed E-state index contributed by atoms with van der Waals surface area (Å²) in [6, 6.07) is 0.188. The largest absolute Gasteiger partial charge is 0.337 e. The Morgan fingerprint density at radius 1 is 0.958 bits per heavy atom. The van der Waals surface area contributed by atoms with Crippen LogP contribution in [0.25, 0.3) is 0 Å². The van der Waals surface area contributed by atoms with E-state index < -0.39 is 10.0 Å². The molecule has 7 heteroatoms.